The van der Waals surface area contributed by atoms with E-state index in [0.29, 0.717) is 45.7 Å². The maximum Gasteiger partial charge on any atom is 0.311 e. The lowest BCUT2D eigenvalue weighted by Gasteiger charge is -2.41. The molecule has 4 saturated heterocycles. The molecule has 1 spiro atoms. The van der Waals surface area contributed by atoms with Crippen molar-refractivity contribution < 1.29 is 29.0 Å². The van der Waals surface area contributed by atoms with Gasteiger partial charge in [0.2, 0.25) is 11.8 Å². The predicted octanol–water partition coefficient (Wildman–Crippen LogP) is 1.17. The highest BCUT2D eigenvalue weighted by molar-refractivity contribution is 8.02. The number of amides is 2. The van der Waals surface area contributed by atoms with E-state index in [9.17, 15) is 19.5 Å². The Hall–Kier alpha value is -1.88. The summed E-state index contributed by atoms with van der Waals surface area (Å²) in [6.45, 7) is 14.8. The lowest BCUT2D eigenvalue weighted by atomic mass is 9.66. The molecule has 10 heteroatoms. The van der Waals surface area contributed by atoms with Gasteiger partial charge in [-0.25, -0.2) is 0 Å². The third kappa shape index (κ3) is 5.22. The second-order valence-corrected chi connectivity index (χ2v) is 12.0. The molecule has 4 rings (SSSR count). The van der Waals surface area contributed by atoms with E-state index in [2.05, 4.69) is 25.0 Å². The molecule has 0 aromatic carbocycles. The molecule has 4 heterocycles. The summed E-state index contributed by atoms with van der Waals surface area (Å²) in [5, 5.41) is 9.32. The first-order chi connectivity index (χ1) is 17.9. The average molecular weight is 536 g/mol. The molecule has 1 N–H and O–H groups in total. The van der Waals surface area contributed by atoms with E-state index >= 15 is 0 Å². The smallest absolute Gasteiger partial charge is 0.311 e. The van der Waals surface area contributed by atoms with Gasteiger partial charge in [-0.2, -0.15) is 0 Å². The Bertz CT molecular complexity index is 880. The third-order valence-electron chi connectivity index (χ3n) is 8.35. The topological polar surface area (TPSA) is 99.6 Å². The molecule has 0 saturated carbocycles. The number of hydrogen-bond acceptors (Lipinski definition) is 8. The Balaban J connectivity index is 1.63. The number of rotatable bonds is 13. The molecule has 4 aliphatic heterocycles. The van der Waals surface area contributed by atoms with Crippen LogP contribution in [0.3, 0.4) is 0 Å². The zero-order chi connectivity index (χ0) is 26.6. The van der Waals surface area contributed by atoms with Gasteiger partial charge in [0.25, 0.3) is 0 Å². The molecule has 206 valence electrons. The largest absolute Gasteiger partial charge is 0.461 e. The van der Waals surface area contributed by atoms with Crippen LogP contribution in [0.25, 0.3) is 0 Å². The molecule has 9 nitrogen and oxygen atoms in total. The number of aliphatic hydroxyl groups excluding tert-OH is 1. The monoisotopic (exact) mass is 535 g/mol. The maximum atomic E-state index is 14.4. The molecule has 4 fully saturated rings. The van der Waals surface area contributed by atoms with Crippen molar-refractivity contribution >= 4 is 29.5 Å². The number of unbranched alkanes of at least 4 members (excludes halogenated alkanes) is 1. The Labute approximate surface area is 224 Å². The van der Waals surface area contributed by atoms with Crippen LogP contribution < -0.4 is 0 Å². The van der Waals surface area contributed by atoms with Gasteiger partial charge in [0.1, 0.15) is 12.6 Å². The van der Waals surface area contributed by atoms with Crippen LogP contribution >= 0.6 is 11.8 Å². The Kier molecular flexibility index (Phi) is 9.37. The number of likely N-dealkylation sites (tertiary alicyclic amines) is 1. The van der Waals surface area contributed by atoms with E-state index in [1.165, 1.54) is 6.08 Å². The highest BCUT2D eigenvalue weighted by Crippen LogP contribution is 2.68. The fraction of sp³-hybridized carbons (Fsp3) is 0.741. The number of aliphatic hydroxyl groups is 1. The van der Waals surface area contributed by atoms with Crippen LogP contribution in [0, 0.1) is 17.8 Å². The Morgan fingerprint density at radius 1 is 1.24 bits per heavy atom. The average Bonchev–Trinajstić information content (AvgIpc) is 3.49. The van der Waals surface area contributed by atoms with Gasteiger partial charge in [-0.15, -0.1) is 18.3 Å². The molecule has 2 bridgehead atoms. The predicted molar refractivity (Wildman–Crippen MR) is 142 cm³/mol. The van der Waals surface area contributed by atoms with Gasteiger partial charge in [0, 0.05) is 51.1 Å². The van der Waals surface area contributed by atoms with Crippen LogP contribution in [0.4, 0.5) is 0 Å². The fourth-order valence-electron chi connectivity index (χ4n) is 6.65. The van der Waals surface area contributed by atoms with Gasteiger partial charge >= 0.3 is 5.97 Å². The highest BCUT2D eigenvalue weighted by atomic mass is 32.2. The van der Waals surface area contributed by atoms with E-state index in [-0.39, 0.29) is 42.2 Å². The van der Waals surface area contributed by atoms with Crippen molar-refractivity contribution in [3.8, 4) is 0 Å². The molecule has 0 aromatic rings. The summed E-state index contributed by atoms with van der Waals surface area (Å²) in [6, 6.07) is -0.657. The van der Waals surface area contributed by atoms with Crippen molar-refractivity contribution in [2.75, 3.05) is 65.7 Å². The second-order valence-electron chi connectivity index (χ2n) is 10.5. The molecule has 6 atom stereocenters. The number of carbonyl (C=O) groups is 3. The number of thioether (sulfide) groups is 1. The molecule has 0 radical (unpaired) electrons. The first kappa shape index (κ1) is 28.1. The number of nitrogens with zero attached hydrogens (tertiary/aromatic N) is 3. The van der Waals surface area contributed by atoms with Gasteiger partial charge in [0.15, 0.2) is 0 Å². The summed E-state index contributed by atoms with van der Waals surface area (Å²) in [7, 11) is 0. The van der Waals surface area contributed by atoms with Crippen LogP contribution in [0.5, 0.6) is 0 Å². The zero-order valence-corrected chi connectivity index (χ0v) is 22.7. The van der Waals surface area contributed by atoms with Crippen LogP contribution in [0.15, 0.2) is 25.3 Å². The van der Waals surface area contributed by atoms with Gasteiger partial charge in [-0.05, 0) is 25.2 Å². The summed E-state index contributed by atoms with van der Waals surface area (Å²) >= 11 is 1.65. The van der Waals surface area contributed by atoms with Crippen molar-refractivity contribution in [1.29, 1.82) is 0 Å². The molecular formula is C27H41N3O6S. The summed E-state index contributed by atoms with van der Waals surface area (Å²) in [5.41, 5.74) is 0. The van der Waals surface area contributed by atoms with Gasteiger partial charge in [-0.1, -0.05) is 25.7 Å². The fourth-order valence-corrected chi connectivity index (χ4v) is 9.05. The van der Waals surface area contributed by atoms with Crippen molar-refractivity contribution in [3.05, 3.63) is 25.3 Å². The molecule has 37 heavy (non-hydrogen) atoms. The maximum absolute atomic E-state index is 14.4. The van der Waals surface area contributed by atoms with Crippen molar-refractivity contribution in [3.63, 3.8) is 0 Å². The molecule has 3 unspecified atom stereocenters. The van der Waals surface area contributed by atoms with Gasteiger partial charge in [-0.3, -0.25) is 19.3 Å². The minimum Gasteiger partial charge on any atom is -0.461 e. The zero-order valence-electron chi connectivity index (χ0n) is 21.9. The number of hydrogen-bond donors (Lipinski definition) is 1. The second kappa shape index (κ2) is 12.3. The number of carbonyl (C=O) groups excluding carboxylic acids is 3. The van der Waals surface area contributed by atoms with E-state index in [1.54, 1.807) is 22.7 Å². The number of ether oxygens (including phenoxy) is 2. The lowest BCUT2D eigenvalue weighted by Crippen LogP contribution is -2.58. The number of morpholine rings is 1. The highest BCUT2D eigenvalue weighted by Gasteiger charge is 2.76. The normalized spacial score (nSPS) is 32.9. The van der Waals surface area contributed by atoms with Gasteiger partial charge < -0.3 is 24.4 Å². The standard InChI is InChI=1S/C27H41N3O6S/c1-4-8-29(11-10-28-12-16-35-17-13-28)25(33)23-27-19(3)18-20(37-27)21(26(34)36-15-5-2)22(27)24(32)30(23)9-6-7-14-31/h4-5,19-23,31H,1-2,6-18H2,3H3/t19?,20-,21+,22-,23?,27?/m0/s1. The van der Waals surface area contributed by atoms with Gasteiger partial charge in [0.05, 0.1) is 29.8 Å². The molecule has 0 aromatic heterocycles. The van der Waals surface area contributed by atoms with E-state index in [4.69, 9.17) is 9.47 Å². The van der Waals surface area contributed by atoms with Crippen LogP contribution in [-0.2, 0) is 23.9 Å². The molecule has 0 aliphatic carbocycles. The van der Waals surface area contributed by atoms with E-state index in [1.807, 2.05) is 4.90 Å². The Morgan fingerprint density at radius 2 is 2.00 bits per heavy atom. The first-order valence-electron chi connectivity index (χ1n) is 13.5. The van der Waals surface area contributed by atoms with Crippen LogP contribution in [0.2, 0.25) is 0 Å². The van der Waals surface area contributed by atoms with Crippen molar-refractivity contribution in [2.24, 2.45) is 17.8 Å². The molecule has 4 aliphatic rings. The van der Waals surface area contributed by atoms with Crippen LogP contribution in [-0.4, -0.2) is 119 Å². The minimum absolute atomic E-state index is 0.0289. The van der Waals surface area contributed by atoms with E-state index < -0.39 is 22.6 Å². The third-order valence-corrected chi connectivity index (χ3v) is 10.4. The first-order valence-corrected chi connectivity index (χ1v) is 14.3. The Morgan fingerprint density at radius 3 is 2.68 bits per heavy atom. The SMILES string of the molecule is C=CCOC(=O)[C@@H]1[C@@H]2CC(C)C3(S2)C(C(=O)N(CC=C)CCN2CCOCC2)N(CCCCO)C(=O)[C@H]13. The van der Waals surface area contributed by atoms with Crippen molar-refractivity contribution in [2.45, 2.75) is 42.2 Å². The lowest BCUT2D eigenvalue weighted by molar-refractivity contribution is -0.153. The molecule has 2 amide bonds. The summed E-state index contributed by atoms with van der Waals surface area (Å²) in [5.74, 6) is -1.63. The quantitative estimate of drug-likeness (QED) is 0.213. The minimum atomic E-state index is -0.672. The number of esters is 1. The number of fused-ring (bicyclic) bond motifs is 1. The van der Waals surface area contributed by atoms with Crippen molar-refractivity contribution in [1.82, 2.24) is 14.7 Å². The summed E-state index contributed by atoms with van der Waals surface area (Å²) in [6.07, 6.45) is 5.18. The molecular weight excluding hydrogens is 494 g/mol. The summed E-state index contributed by atoms with van der Waals surface area (Å²) in [4.78, 5) is 47.3. The van der Waals surface area contributed by atoms with Crippen LogP contribution in [0.1, 0.15) is 26.2 Å². The van der Waals surface area contributed by atoms with E-state index in [0.717, 1.165) is 26.1 Å². The summed E-state index contributed by atoms with van der Waals surface area (Å²) < 4.78 is 10.2.